The van der Waals surface area contributed by atoms with Crippen molar-refractivity contribution in [2.75, 3.05) is 0 Å². The molecular weight excluding hydrogens is 302 g/mol. The van der Waals surface area contributed by atoms with Gasteiger partial charge in [0.1, 0.15) is 12.7 Å². The quantitative estimate of drug-likeness (QED) is 0.536. The molecule has 0 N–H and O–H groups in total. The van der Waals surface area contributed by atoms with Gasteiger partial charge >= 0.3 is 5.97 Å². The van der Waals surface area contributed by atoms with Crippen molar-refractivity contribution in [3.63, 3.8) is 0 Å². The Bertz CT molecular complexity index is 835. The average Bonchev–Trinajstić information content (AvgIpc) is 3.17. The highest BCUT2D eigenvalue weighted by Crippen LogP contribution is 2.12. The zero-order valence-corrected chi connectivity index (χ0v) is 12.9. The molecule has 1 aromatic heterocycles. The molecule has 0 saturated heterocycles. The van der Waals surface area contributed by atoms with E-state index in [1.807, 2.05) is 30.3 Å². The SMILES string of the molecule is C#CC(Cc1ccccc1)OC(=O)c1ccc(-n2cnnc2)cc1. The zero-order valence-electron chi connectivity index (χ0n) is 12.9. The van der Waals surface area contributed by atoms with Crippen LogP contribution in [-0.2, 0) is 11.2 Å². The normalized spacial score (nSPS) is 11.5. The van der Waals surface area contributed by atoms with Crippen molar-refractivity contribution in [2.24, 2.45) is 0 Å². The molecule has 2 aromatic carbocycles. The number of benzene rings is 2. The van der Waals surface area contributed by atoms with Crippen molar-refractivity contribution in [1.29, 1.82) is 0 Å². The summed E-state index contributed by atoms with van der Waals surface area (Å²) in [5, 5.41) is 7.49. The molecule has 5 heteroatoms. The van der Waals surface area contributed by atoms with Crippen LogP contribution < -0.4 is 0 Å². The van der Waals surface area contributed by atoms with E-state index in [2.05, 4.69) is 16.1 Å². The molecule has 1 atom stereocenters. The van der Waals surface area contributed by atoms with Crippen LogP contribution in [0.1, 0.15) is 15.9 Å². The summed E-state index contributed by atoms with van der Waals surface area (Å²) in [7, 11) is 0. The first-order chi connectivity index (χ1) is 11.8. The second kappa shape index (κ2) is 7.25. The first-order valence-corrected chi connectivity index (χ1v) is 7.42. The molecule has 24 heavy (non-hydrogen) atoms. The number of ether oxygens (including phenoxy) is 1. The summed E-state index contributed by atoms with van der Waals surface area (Å²) >= 11 is 0. The molecule has 1 unspecified atom stereocenters. The largest absolute Gasteiger partial charge is 0.445 e. The molecule has 1 heterocycles. The lowest BCUT2D eigenvalue weighted by Crippen LogP contribution is -2.19. The van der Waals surface area contributed by atoms with E-state index in [-0.39, 0.29) is 0 Å². The standard InChI is InChI=1S/C19H15N3O2/c1-2-18(12-15-6-4-3-5-7-15)24-19(23)16-8-10-17(11-9-16)22-13-20-21-14-22/h1,3-11,13-14,18H,12H2. The van der Waals surface area contributed by atoms with Crippen molar-refractivity contribution in [2.45, 2.75) is 12.5 Å². The molecule has 0 radical (unpaired) electrons. The van der Waals surface area contributed by atoms with E-state index in [4.69, 9.17) is 11.2 Å². The monoisotopic (exact) mass is 317 g/mol. The first kappa shape index (κ1) is 15.5. The van der Waals surface area contributed by atoms with Crippen molar-refractivity contribution in [3.8, 4) is 18.0 Å². The van der Waals surface area contributed by atoms with E-state index in [1.165, 1.54) is 0 Å². The number of nitrogens with zero attached hydrogens (tertiary/aromatic N) is 3. The summed E-state index contributed by atoms with van der Waals surface area (Å²) in [6.07, 6.45) is 8.55. The number of esters is 1. The van der Waals surface area contributed by atoms with Gasteiger partial charge in [-0.05, 0) is 29.8 Å². The maximum absolute atomic E-state index is 12.3. The molecule has 0 aliphatic heterocycles. The molecular formula is C19H15N3O2. The molecule has 0 fully saturated rings. The van der Waals surface area contributed by atoms with E-state index in [1.54, 1.807) is 41.5 Å². The van der Waals surface area contributed by atoms with Crippen LogP contribution in [0.2, 0.25) is 0 Å². The zero-order chi connectivity index (χ0) is 16.8. The van der Waals surface area contributed by atoms with Gasteiger partial charge < -0.3 is 4.74 Å². The van der Waals surface area contributed by atoms with Crippen LogP contribution in [0.4, 0.5) is 0 Å². The Hall–Kier alpha value is -3.39. The average molecular weight is 317 g/mol. The Morgan fingerprint density at radius 3 is 2.38 bits per heavy atom. The molecule has 118 valence electrons. The van der Waals surface area contributed by atoms with E-state index >= 15 is 0 Å². The number of hydrogen-bond donors (Lipinski definition) is 0. The van der Waals surface area contributed by atoms with E-state index in [0.29, 0.717) is 12.0 Å². The van der Waals surface area contributed by atoms with Crippen LogP contribution >= 0.6 is 0 Å². The summed E-state index contributed by atoms with van der Waals surface area (Å²) in [6.45, 7) is 0. The number of carbonyl (C=O) groups is 1. The summed E-state index contributed by atoms with van der Waals surface area (Å²) < 4.78 is 7.16. The number of aromatic nitrogens is 3. The lowest BCUT2D eigenvalue weighted by molar-refractivity contribution is 0.0411. The van der Waals surface area contributed by atoms with Gasteiger partial charge in [-0.1, -0.05) is 36.3 Å². The minimum absolute atomic E-state index is 0.441. The third-order valence-electron chi connectivity index (χ3n) is 3.52. The van der Waals surface area contributed by atoms with Gasteiger partial charge in [0.05, 0.1) is 5.56 Å². The third-order valence-corrected chi connectivity index (χ3v) is 3.52. The van der Waals surface area contributed by atoms with E-state index in [0.717, 1.165) is 11.3 Å². The molecule has 0 amide bonds. The second-order valence-electron chi connectivity index (χ2n) is 5.17. The fourth-order valence-corrected chi connectivity index (χ4v) is 2.26. The molecule has 5 nitrogen and oxygen atoms in total. The number of rotatable bonds is 5. The predicted octanol–water partition coefficient (Wildman–Crippen LogP) is 2.67. The highest BCUT2D eigenvalue weighted by atomic mass is 16.5. The van der Waals surface area contributed by atoms with E-state index in [9.17, 15) is 4.79 Å². The first-order valence-electron chi connectivity index (χ1n) is 7.42. The van der Waals surface area contributed by atoms with Gasteiger partial charge in [0.2, 0.25) is 0 Å². The van der Waals surface area contributed by atoms with Crippen LogP contribution in [0.25, 0.3) is 5.69 Å². The van der Waals surface area contributed by atoms with Gasteiger partial charge in [-0.25, -0.2) is 4.79 Å². The Labute approximate surface area is 139 Å². The Balaban J connectivity index is 1.66. The molecule has 0 spiro atoms. The van der Waals surface area contributed by atoms with E-state index < -0.39 is 12.1 Å². The fraction of sp³-hybridized carbons (Fsp3) is 0.105. The third kappa shape index (κ3) is 3.68. The maximum atomic E-state index is 12.3. The van der Waals surface area contributed by atoms with Crippen LogP contribution in [0.15, 0.2) is 67.3 Å². The molecule has 0 aliphatic rings. The van der Waals surface area contributed by atoms with Crippen LogP contribution in [0.5, 0.6) is 0 Å². The number of hydrogen-bond acceptors (Lipinski definition) is 4. The van der Waals surface area contributed by atoms with Crippen molar-refractivity contribution < 1.29 is 9.53 Å². The van der Waals surface area contributed by atoms with Crippen LogP contribution in [-0.4, -0.2) is 26.8 Å². The molecule has 0 aliphatic carbocycles. The maximum Gasteiger partial charge on any atom is 0.339 e. The highest BCUT2D eigenvalue weighted by molar-refractivity contribution is 5.89. The topological polar surface area (TPSA) is 57.0 Å². The number of carbonyl (C=O) groups excluding carboxylic acids is 1. The van der Waals surface area contributed by atoms with Gasteiger partial charge in [-0.15, -0.1) is 16.6 Å². The summed E-state index contributed by atoms with van der Waals surface area (Å²) in [6, 6.07) is 16.6. The molecule has 3 aromatic rings. The lowest BCUT2D eigenvalue weighted by atomic mass is 10.1. The molecule has 0 bridgehead atoms. The Kier molecular flexibility index (Phi) is 4.68. The minimum atomic E-state index is -0.600. The lowest BCUT2D eigenvalue weighted by Gasteiger charge is -2.13. The summed E-state index contributed by atoms with van der Waals surface area (Å²) in [5.41, 5.74) is 2.32. The fourth-order valence-electron chi connectivity index (χ4n) is 2.26. The second-order valence-corrected chi connectivity index (χ2v) is 5.17. The van der Waals surface area contributed by atoms with Gasteiger partial charge in [0, 0.05) is 12.1 Å². The van der Waals surface area contributed by atoms with Crippen molar-refractivity contribution in [3.05, 3.63) is 78.4 Å². The Morgan fingerprint density at radius 1 is 1.08 bits per heavy atom. The molecule has 3 rings (SSSR count). The Morgan fingerprint density at radius 2 is 1.75 bits per heavy atom. The summed E-state index contributed by atoms with van der Waals surface area (Å²) in [5.74, 6) is 2.08. The van der Waals surface area contributed by atoms with Gasteiger partial charge in [0.25, 0.3) is 0 Å². The van der Waals surface area contributed by atoms with Crippen LogP contribution in [0.3, 0.4) is 0 Å². The van der Waals surface area contributed by atoms with Crippen LogP contribution in [0, 0.1) is 12.3 Å². The van der Waals surface area contributed by atoms with Crippen molar-refractivity contribution >= 4 is 5.97 Å². The van der Waals surface area contributed by atoms with Gasteiger partial charge in [-0.3, -0.25) is 4.57 Å². The predicted molar refractivity (Wildman–Crippen MR) is 89.5 cm³/mol. The highest BCUT2D eigenvalue weighted by Gasteiger charge is 2.14. The molecule has 0 saturated carbocycles. The smallest absolute Gasteiger partial charge is 0.339 e. The minimum Gasteiger partial charge on any atom is -0.445 e. The summed E-state index contributed by atoms with van der Waals surface area (Å²) in [4.78, 5) is 12.3. The van der Waals surface area contributed by atoms with Gasteiger partial charge in [-0.2, -0.15) is 0 Å². The van der Waals surface area contributed by atoms with Gasteiger partial charge in [0.15, 0.2) is 6.10 Å². The number of terminal acetylenes is 1. The van der Waals surface area contributed by atoms with Crippen molar-refractivity contribution in [1.82, 2.24) is 14.8 Å².